The van der Waals surface area contributed by atoms with Crippen LogP contribution in [0.1, 0.15) is 40.2 Å². The van der Waals surface area contributed by atoms with Crippen LogP contribution in [0.15, 0.2) is 23.7 Å². The second-order valence-electron chi connectivity index (χ2n) is 6.97. The quantitative estimate of drug-likeness (QED) is 0.734. The zero-order chi connectivity index (χ0) is 18.8. The van der Waals surface area contributed by atoms with Gasteiger partial charge in [-0.3, -0.25) is 4.79 Å². The highest BCUT2D eigenvalue weighted by molar-refractivity contribution is 8.13. The van der Waals surface area contributed by atoms with Gasteiger partial charge in [0.2, 0.25) is 0 Å². The molecule has 0 radical (unpaired) electrons. The van der Waals surface area contributed by atoms with E-state index in [9.17, 15) is 9.18 Å². The molecule has 0 aliphatic carbocycles. The Balaban J connectivity index is 2.40. The molecule has 1 aromatic carbocycles. The van der Waals surface area contributed by atoms with E-state index in [4.69, 9.17) is 14.0 Å². The molecule has 1 saturated heterocycles. The van der Waals surface area contributed by atoms with Crippen molar-refractivity contribution < 1.29 is 23.2 Å². The van der Waals surface area contributed by atoms with Crippen LogP contribution >= 0.6 is 11.8 Å². The number of carbonyl (C=O) groups excluding carboxylic acids is 1. The minimum Gasteiger partial charge on any atom is -0.496 e. The second kappa shape index (κ2) is 7.52. The van der Waals surface area contributed by atoms with Crippen LogP contribution in [0.2, 0.25) is 0 Å². The first-order chi connectivity index (χ1) is 11.6. The number of methoxy groups -OCH3 is 1. The molecule has 2 rings (SSSR count). The molecule has 1 aliphatic heterocycles. The van der Waals surface area contributed by atoms with E-state index in [1.165, 1.54) is 26.2 Å². The Bertz CT molecular complexity index is 672. The van der Waals surface area contributed by atoms with Crippen molar-refractivity contribution >= 4 is 30.1 Å². The standard InChI is InChI=1S/C18H24BFO4S/c1-12(21)25-11-14(19-23-17(2,3)18(4,5)24-19)9-13-10-15(20)7-8-16(13)22-6/h7-10H,11H2,1-6H3. The summed E-state index contributed by atoms with van der Waals surface area (Å²) < 4.78 is 31.1. The zero-order valence-electron chi connectivity index (χ0n) is 15.5. The molecule has 1 fully saturated rings. The van der Waals surface area contributed by atoms with Gasteiger partial charge < -0.3 is 14.0 Å². The molecule has 1 aromatic rings. The highest BCUT2D eigenvalue weighted by atomic mass is 32.2. The van der Waals surface area contributed by atoms with Crippen molar-refractivity contribution in [2.24, 2.45) is 0 Å². The van der Waals surface area contributed by atoms with Crippen LogP contribution in [-0.2, 0) is 14.1 Å². The molecule has 1 aliphatic rings. The summed E-state index contributed by atoms with van der Waals surface area (Å²) in [6.07, 6.45) is 1.78. The number of hydrogen-bond donors (Lipinski definition) is 0. The molecule has 0 aromatic heterocycles. The van der Waals surface area contributed by atoms with Crippen molar-refractivity contribution in [3.05, 3.63) is 35.1 Å². The van der Waals surface area contributed by atoms with E-state index >= 15 is 0 Å². The summed E-state index contributed by atoms with van der Waals surface area (Å²) in [5.74, 6) is 0.578. The van der Waals surface area contributed by atoms with Gasteiger partial charge in [-0.1, -0.05) is 17.8 Å². The molecule has 136 valence electrons. The van der Waals surface area contributed by atoms with Crippen LogP contribution in [0.3, 0.4) is 0 Å². The SMILES string of the molecule is COc1ccc(F)cc1C=C(CSC(C)=O)B1OC(C)(C)C(C)(C)O1. The lowest BCUT2D eigenvalue weighted by Crippen LogP contribution is -2.41. The molecule has 0 atom stereocenters. The number of carbonyl (C=O) groups is 1. The fourth-order valence-corrected chi connectivity index (χ4v) is 2.96. The Morgan fingerprint density at radius 3 is 2.40 bits per heavy atom. The van der Waals surface area contributed by atoms with Gasteiger partial charge in [0.05, 0.1) is 18.3 Å². The van der Waals surface area contributed by atoms with Crippen molar-refractivity contribution in [2.45, 2.75) is 45.8 Å². The summed E-state index contributed by atoms with van der Waals surface area (Å²) in [5, 5.41) is -0.00590. The Morgan fingerprint density at radius 1 is 1.28 bits per heavy atom. The van der Waals surface area contributed by atoms with E-state index in [-0.39, 0.29) is 10.9 Å². The lowest BCUT2D eigenvalue weighted by atomic mass is 9.78. The first-order valence-corrected chi connectivity index (χ1v) is 9.07. The monoisotopic (exact) mass is 366 g/mol. The van der Waals surface area contributed by atoms with E-state index < -0.39 is 18.3 Å². The Labute approximate surface area is 153 Å². The normalized spacial score (nSPS) is 19.2. The van der Waals surface area contributed by atoms with Crippen LogP contribution in [0.5, 0.6) is 5.75 Å². The van der Waals surface area contributed by atoms with Gasteiger partial charge in [0, 0.05) is 18.2 Å². The summed E-state index contributed by atoms with van der Waals surface area (Å²) in [4.78, 5) is 11.4. The van der Waals surface area contributed by atoms with Gasteiger partial charge in [-0.15, -0.1) is 0 Å². The number of rotatable bonds is 5. The molecule has 25 heavy (non-hydrogen) atoms. The average molecular weight is 366 g/mol. The molecule has 7 heteroatoms. The van der Waals surface area contributed by atoms with E-state index in [1.807, 2.05) is 27.7 Å². The maximum absolute atomic E-state index is 13.7. The fourth-order valence-electron chi connectivity index (χ4n) is 2.37. The van der Waals surface area contributed by atoms with Crippen LogP contribution in [-0.4, -0.2) is 36.3 Å². The summed E-state index contributed by atoms with van der Waals surface area (Å²) >= 11 is 1.16. The molecular formula is C18H24BFO4S. The van der Waals surface area contributed by atoms with Crippen LogP contribution in [0.25, 0.3) is 6.08 Å². The Hall–Kier alpha value is -1.31. The molecule has 0 unspecified atom stereocenters. The number of hydrogen-bond acceptors (Lipinski definition) is 5. The lowest BCUT2D eigenvalue weighted by Gasteiger charge is -2.32. The molecule has 0 spiro atoms. The predicted molar refractivity (Wildman–Crippen MR) is 100 cm³/mol. The molecule has 1 heterocycles. The van der Waals surface area contributed by atoms with Gasteiger partial charge in [0.25, 0.3) is 0 Å². The fraction of sp³-hybridized carbons (Fsp3) is 0.500. The summed E-state index contributed by atoms with van der Waals surface area (Å²) in [6.45, 7) is 9.36. The van der Waals surface area contributed by atoms with Gasteiger partial charge in [0.15, 0.2) is 5.12 Å². The average Bonchev–Trinajstić information content (AvgIpc) is 2.71. The summed E-state index contributed by atoms with van der Waals surface area (Å²) in [6, 6.07) is 4.30. The maximum Gasteiger partial charge on any atom is 0.491 e. The van der Waals surface area contributed by atoms with Gasteiger partial charge in [-0.25, -0.2) is 4.39 Å². The Morgan fingerprint density at radius 2 is 1.88 bits per heavy atom. The molecular weight excluding hydrogens is 342 g/mol. The number of halogens is 1. The Kier molecular flexibility index (Phi) is 6.02. The van der Waals surface area contributed by atoms with Gasteiger partial charge in [-0.2, -0.15) is 0 Å². The molecule has 0 N–H and O–H groups in total. The third kappa shape index (κ3) is 4.66. The van der Waals surface area contributed by atoms with E-state index in [0.717, 1.165) is 17.2 Å². The van der Waals surface area contributed by atoms with Gasteiger partial charge >= 0.3 is 7.12 Å². The highest BCUT2D eigenvalue weighted by Crippen LogP contribution is 2.39. The largest absolute Gasteiger partial charge is 0.496 e. The molecule has 0 bridgehead atoms. The smallest absolute Gasteiger partial charge is 0.491 e. The van der Waals surface area contributed by atoms with Crippen LogP contribution in [0, 0.1) is 5.82 Å². The molecule has 4 nitrogen and oxygen atoms in total. The predicted octanol–water partition coefficient (Wildman–Crippen LogP) is 4.13. The van der Waals surface area contributed by atoms with Gasteiger partial charge in [0.1, 0.15) is 11.6 Å². The van der Waals surface area contributed by atoms with Crippen LogP contribution in [0.4, 0.5) is 4.39 Å². The third-order valence-corrected chi connectivity index (χ3v) is 5.41. The zero-order valence-corrected chi connectivity index (χ0v) is 16.3. The highest BCUT2D eigenvalue weighted by Gasteiger charge is 2.52. The van der Waals surface area contributed by atoms with E-state index in [1.54, 1.807) is 12.1 Å². The first kappa shape index (κ1) is 20.0. The van der Waals surface area contributed by atoms with E-state index in [0.29, 0.717) is 17.1 Å². The number of ether oxygens (including phenoxy) is 1. The summed E-state index contributed by atoms with van der Waals surface area (Å²) in [7, 11) is 0.924. The molecule has 0 saturated carbocycles. The summed E-state index contributed by atoms with van der Waals surface area (Å²) in [5.41, 5.74) is 0.340. The second-order valence-corrected chi connectivity index (χ2v) is 8.13. The van der Waals surface area contributed by atoms with Crippen molar-refractivity contribution in [3.63, 3.8) is 0 Å². The molecule has 0 amide bonds. The van der Waals surface area contributed by atoms with Crippen LogP contribution < -0.4 is 4.74 Å². The van der Waals surface area contributed by atoms with Crippen molar-refractivity contribution in [3.8, 4) is 5.75 Å². The number of thioether (sulfide) groups is 1. The van der Waals surface area contributed by atoms with E-state index in [2.05, 4.69) is 0 Å². The minimum absolute atomic E-state index is 0.00590. The maximum atomic E-state index is 13.7. The van der Waals surface area contributed by atoms with Crippen molar-refractivity contribution in [1.29, 1.82) is 0 Å². The topological polar surface area (TPSA) is 44.8 Å². The number of benzene rings is 1. The first-order valence-electron chi connectivity index (χ1n) is 8.09. The van der Waals surface area contributed by atoms with Crippen molar-refractivity contribution in [1.82, 2.24) is 0 Å². The van der Waals surface area contributed by atoms with Gasteiger partial charge in [-0.05, 0) is 51.4 Å². The third-order valence-electron chi connectivity index (χ3n) is 4.53. The van der Waals surface area contributed by atoms with Crippen molar-refractivity contribution in [2.75, 3.05) is 12.9 Å². The lowest BCUT2D eigenvalue weighted by molar-refractivity contribution is -0.109. The minimum atomic E-state index is -0.607.